The molecule has 0 saturated carbocycles. The van der Waals surface area contributed by atoms with Gasteiger partial charge in [-0.25, -0.2) is 21.6 Å². The van der Waals surface area contributed by atoms with E-state index in [0.29, 0.717) is 18.6 Å². The highest BCUT2D eigenvalue weighted by Gasteiger charge is 2.31. The molecule has 158 valence electrons. The van der Waals surface area contributed by atoms with E-state index in [-0.39, 0.29) is 39.0 Å². The number of nitrogens with zero attached hydrogens (tertiary/aromatic N) is 1. The lowest BCUT2D eigenvalue weighted by atomic mass is 10.1. The Hall–Kier alpha value is -1.36. The van der Waals surface area contributed by atoms with Crippen LogP contribution in [0.3, 0.4) is 0 Å². The van der Waals surface area contributed by atoms with E-state index in [2.05, 4.69) is 4.72 Å². The maximum Gasteiger partial charge on any atom is 0.243 e. The molecule has 0 spiro atoms. The molecular formula is C18H20Cl2N2O5S2. The van der Waals surface area contributed by atoms with Crippen molar-refractivity contribution in [2.24, 2.45) is 0 Å². The zero-order chi connectivity index (χ0) is 21.2. The Kier molecular flexibility index (Phi) is 6.77. The van der Waals surface area contributed by atoms with Crippen molar-refractivity contribution < 1.29 is 21.6 Å². The molecule has 29 heavy (non-hydrogen) atoms. The van der Waals surface area contributed by atoms with Gasteiger partial charge in [0.25, 0.3) is 0 Å². The molecule has 1 fully saturated rings. The first kappa shape index (κ1) is 22.3. The third-order valence-corrected chi connectivity index (χ3v) is 8.84. The number of piperidine rings is 1. The van der Waals surface area contributed by atoms with Crippen LogP contribution in [-0.2, 0) is 20.0 Å². The van der Waals surface area contributed by atoms with Gasteiger partial charge in [0.15, 0.2) is 0 Å². The number of benzene rings is 2. The van der Waals surface area contributed by atoms with E-state index in [1.807, 2.05) is 0 Å². The first-order valence-electron chi connectivity index (χ1n) is 8.75. The van der Waals surface area contributed by atoms with Crippen molar-refractivity contribution in [3.05, 3.63) is 52.5 Å². The summed E-state index contributed by atoms with van der Waals surface area (Å²) in [7, 11) is -5.93. The van der Waals surface area contributed by atoms with Crippen LogP contribution >= 0.6 is 23.2 Å². The SMILES string of the molecule is COc1ccc(S(=O)(=O)N2CCC(NS(=O)(=O)c3ccc(Cl)c(Cl)c3)CC2)cc1. The fourth-order valence-electron chi connectivity index (χ4n) is 3.04. The number of halogens is 2. The van der Waals surface area contributed by atoms with Crippen LogP contribution in [0.1, 0.15) is 12.8 Å². The molecule has 3 rings (SSSR count). The highest BCUT2D eigenvalue weighted by Crippen LogP contribution is 2.26. The molecule has 0 atom stereocenters. The van der Waals surface area contributed by atoms with Gasteiger partial charge in [0.2, 0.25) is 20.0 Å². The smallest absolute Gasteiger partial charge is 0.243 e. The van der Waals surface area contributed by atoms with Crippen LogP contribution in [-0.4, -0.2) is 47.4 Å². The topological polar surface area (TPSA) is 92.8 Å². The van der Waals surface area contributed by atoms with Gasteiger partial charge in [-0.2, -0.15) is 4.31 Å². The van der Waals surface area contributed by atoms with Gasteiger partial charge in [0.05, 0.1) is 26.9 Å². The number of nitrogens with one attached hydrogen (secondary N) is 1. The van der Waals surface area contributed by atoms with Crippen molar-refractivity contribution in [3.63, 3.8) is 0 Å². The zero-order valence-electron chi connectivity index (χ0n) is 15.5. The minimum Gasteiger partial charge on any atom is -0.497 e. The van der Waals surface area contributed by atoms with Gasteiger partial charge in [0.1, 0.15) is 5.75 Å². The molecule has 0 unspecified atom stereocenters. The fourth-order valence-corrected chi connectivity index (χ4v) is 6.21. The Morgan fingerprint density at radius 1 is 0.931 bits per heavy atom. The summed E-state index contributed by atoms with van der Waals surface area (Å²) < 4.78 is 59.7. The van der Waals surface area contributed by atoms with Crippen molar-refractivity contribution in [1.29, 1.82) is 0 Å². The second kappa shape index (κ2) is 8.79. The maximum absolute atomic E-state index is 12.8. The van der Waals surface area contributed by atoms with E-state index in [1.54, 1.807) is 12.1 Å². The van der Waals surface area contributed by atoms with Gasteiger partial charge in [-0.1, -0.05) is 23.2 Å². The average molecular weight is 479 g/mol. The van der Waals surface area contributed by atoms with Gasteiger partial charge in [0, 0.05) is 19.1 Å². The summed E-state index contributed by atoms with van der Waals surface area (Å²) in [5.74, 6) is 0.569. The summed E-state index contributed by atoms with van der Waals surface area (Å²) in [5, 5.41) is 0.414. The van der Waals surface area contributed by atoms with Crippen molar-refractivity contribution >= 4 is 43.2 Å². The number of ether oxygens (including phenoxy) is 1. The third-order valence-electron chi connectivity index (χ3n) is 4.67. The van der Waals surface area contributed by atoms with Crippen LogP contribution in [0, 0.1) is 0 Å². The van der Waals surface area contributed by atoms with E-state index in [4.69, 9.17) is 27.9 Å². The molecule has 0 aliphatic carbocycles. The van der Waals surface area contributed by atoms with E-state index >= 15 is 0 Å². The molecular weight excluding hydrogens is 459 g/mol. The van der Waals surface area contributed by atoms with Crippen LogP contribution in [0.25, 0.3) is 0 Å². The fraction of sp³-hybridized carbons (Fsp3) is 0.333. The molecule has 0 aromatic heterocycles. The molecule has 0 amide bonds. The standard InChI is InChI=1S/C18H20Cl2N2O5S2/c1-27-14-2-4-15(5-3-14)29(25,26)22-10-8-13(9-11-22)21-28(23,24)16-6-7-17(19)18(20)12-16/h2-7,12-13,21H,8-11H2,1H3. The van der Waals surface area contributed by atoms with E-state index < -0.39 is 20.0 Å². The summed E-state index contributed by atoms with van der Waals surface area (Å²) in [6.07, 6.45) is 0.714. The van der Waals surface area contributed by atoms with Crippen LogP contribution in [0.15, 0.2) is 52.3 Å². The first-order chi connectivity index (χ1) is 13.6. The molecule has 0 radical (unpaired) electrons. The Bertz CT molecular complexity index is 1080. The minimum absolute atomic E-state index is 0.0141. The highest BCUT2D eigenvalue weighted by atomic mass is 35.5. The quantitative estimate of drug-likeness (QED) is 0.688. The number of hydrogen-bond donors (Lipinski definition) is 1. The van der Waals surface area contributed by atoms with Crippen molar-refractivity contribution in [3.8, 4) is 5.75 Å². The highest BCUT2D eigenvalue weighted by molar-refractivity contribution is 7.89. The number of sulfonamides is 2. The van der Waals surface area contributed by atoms with Crippen LogP contribution in [0.5, 0.6) is 5.75 Å². The minimum atomic E-state index is -3.79. The first-order valence-corrected chi connectivity index (χ1v) is 12.4. The Morgan fingerprint density at radius 2 is 1.52 bits per heavy atom. The predicted molar refractivity (Wildman–Crippen MR) is 112 cm³/mol. The number of hydrogen-bond acceptors (Lipinski definition) is 5. The largest absolute Gasteiger partial charge is 0.497 e. The van der Waals surface area contributed by atoms with Crippen LogP contribution < -0.4 is 9.46 Å². The maximum atomic E-state index is 12.8. The Morgan fingerprint density at radius 3 is 2.07 bits per heavy atom. The molecule has 1 N–H and O–H groups in total. The van der Waals surface area contributed by atoms with Gasteiger partial charge in [-0.05, 0) is 55.3 Å². The van der Waals surface area contributed by atoms with Gasteiger partial charge >= 0.3 is 0 Å². The molecule has 2 aromatic carbocycles. The van der Waals surface area contributed by atoms with Gasteiger partial charge in [-0.3, -0.25) is 0 Å². The lowest BCUT2D eigenvalue weighted by Gasteiger charge is -2.31. The summed E-state index contributed by atoms with van der Waals surface area (Å²) in [6.45, 7) is 0.422. The Balaban J connectivity index is 1.65. The summed E-state index contributed by atoms with van der Waals surface area (Å²) >= 11 is 11.7. The summed E-state index contributed by atoms with van der Waals surface area (Å²) in [5.41, 5.74) is 0. The summed E-state index contributed by atoms with van der Waals surface area (Å²) in [4.78, 5) is 0.188. The number of methoxy groups -OCH3 is 1. The van der Waals surface area contributed by atoms with Crippen molar-refractivity contribution in [2.45, 2.75) is 28.7 Å². The van der Waals surface area contributed by atoms with Crippen LogP contribution in [0.2, 0.25) is 10.0 Å². The summed E-state index contributed by atoms with van der Waals surface area (Å²) in [6, 6.07) is 9.87. The molecule has 1 aliphatic rings. The average Bonchev–Trinajstić information content (AvgIpc) is 2.70. The third kappa shape index (κ3) is 5.04. The Labute approximate surface area is 180 Å². The van der Waals surface area contributed by atoms with E-state index in [0.717, 1.165) is 0 Å². The molecule has 1 saturated heterocycles. The van der Waals surface area contributed by atoms with Crippen LogP contribution in [0.4, 0.5) is 0 Å². The van der Waals surface area contributed by atoms with E-state index in [1.165, 1.54) is 41.7 Å². The second-order valence-electron chi connectivity index (χ2n) is 6.55. The lowest BCUT2D eigenvalue weighted by Crippen LogP contribution is -2.46. The lowest BCUT2D eigenvalue weighted by molar-refractivity contribution is 0.308. The molecule has 2 aromatic rings. The molecule has 1 aliphatic heterocycles. The molecule has 1 heterocycles. The molecule has 0 bridgehead atoms. The monoisotopic (exact) mass is 478 g/mol. The van der Waals surface area contributed by atoms with Gasteiger partial charge < -0.3 is 4.74 Å². The van der Waals surface area contributed by atoms with E-state index in [9.17, 15) is 16.8 Å². The van der Waals surface area contributed by atoms with Crippen molar-refractivity contribution in [1.82, 2.24) is 9.03 Å². The number of rotatable bonds is 6. The predicted octanol–water partition coefficient (Wildman–Crippen LogP) is 3.13. The normalized spacial score (nSPS) is 16.7. The zero-order valence-corrected chi connectivity index (χ0v) is 18.7. The van der Waals surface area contributed by atoms with Gasteiger partial charge in [-0.15, -0.1) is 0 Å². The molecule has 11 heteroatoms. The molecule has 7 nitrogen and oxygen atoms in total. The van der Waals surface area contributed by atoms with Crippen molar-refractivity contribution in [2.75, 3.05) is 20.2 Å². The second-order valence-corrected chi connectivity index (χ2v) is 11.0.